The maximum absolute atomic E-state index is 4.95. The van der Waals surface area contributed by atoms with E-state index in [0.717, 1.165) is 19.5 Å². The molecule has 0 aromatic rings. The zero-order chi connectivity index (χ0) is 11.5. The minimum atomic E-state index is 0.652. The number of nitrogens with two attached hydrogens (primary N) is 1. The molecule has 0 bridgehead atoms. The highest BCUT2D eigenvalue weighted by molar-refractivity contribution is 4.63. The standard InChI is InChI=1S/C12H27N3O/c13-16-12-6-8-14-7-5-11-15-9-3-1-2-4-10-15/h14H,1-13H2. The van der Waals surface area contributed by atoms with Gasteiger partial charge < -0.3 is 15.1 Å². The van der Waals surface area contributed by atoms with Crippen LogP contribution in [0.15, 0.2) is 0 Å². The highest BCUT2D eigenvalue weighted by Gasteiger charge is 2.07. The number of nitrogens with one attached hydrogen (secondary N) is 1. The molecule has 0 aromatic carbocycles. The summed E-state index contributed by atoms with van der Waals surface area (Å²) in [6.07, 6.45) is 7.88. The van der Waals surface area contributed by atoms with Crippen LogP contribution in [0.5, 0.6) is 0 Å². The van der Waals surface area contributed by atoms with Crippen LogP contribution in [0, 0.1) is 0 Å². The molecule has 0 unspecified atom stereocenters. The summed E-state index contributed by atoms with van der Waals surface area (Å²) in [7, 11) is 0. The lowest BCUT2D eigenvalue weighted by molar-refractivity contribution is 0.135. The first-order chi connectivity index (χ1) is 7.93. The van der Waals surface area contributed by atoms with E-state index in [-0.39, 0.29) is 0 Å². The fraction of sp³-hybridized carbons (Fsp3) is 1.00. The van der Waals surface area contributed by atoms with E-state index in [9.17, 15) is 0 Å². The molecule has 0 radical (unpaired) electrons. The van der Waals surface area contributed by atoms with Gasteiger partial charge >= 0.3 is 0 Å². The first kappa shape index (κ1) is 13.9. The Labute approximate surface area is 99.5 Å². The van der Waals surface area contributed by atoms with Crippen molar-refractivity contribution in [3.63, 3.8) is 0 Å². The van der Waals surface area contributed by atoms with Crippen molar-refractivity contribution >= 4 is 0 Å². The van der Waals surface area contributed by atoms with Gasteiger partial charge in [0.2, 0.25) is 0 Å². The van der Waals surface area contributed by atoms with Gasteiger partial charge in [0.05, 0.1) is 6.61 Å². The number of rotatable bonds is 8. The maximum atomic E-state index is 4.95. The van der Waals surface area contributed by atoms with Crippen LogP contribution in [0.25, 0.3) is 0 Å². The molecule has 1 aliphatic rings. The molecule has 4 nitrogen and oxygen atoms in total. The van der Waals surface area contributed by atoms with Gasteiger partial charge in [0, 0.05) is 0 Å². The topological polar surface area (TPSA) is 50.5 Å². The second kappa shape index (κ2) is 10.0. The monoisotopic (exact) mass is 229 g/mol. The number of hydrogen-bond acceptors (Lipinski definition) is 4. The van der Waals surface area contributed by atoms with Crippen LogP contribution >= 0.6 is 0 Å². The van der Waals surface area contributed by atoms with Crippen LogP contribution in [0.4, 0.5) is 0 Å². The largest absolute Gasteiger partial charge is 0.317 e. The first-order valence-electron chi connectivity index (χ1n) is 6.68. The van der Waals surface area contributed by atoms with E-state index in [4.69, 9.17) is 5.90 Å². The van der Waals surface area contributed by atoms with Gasteiger partial charge in [0.1, 0.15) is 0 Å². The van der Waals surface area contributed by atoms with Gasteiger partial charge in [-0.3, -0.25) is 0 Å². The molecule has 0 spiro atoms. The average molecular weight is 229 g/mol. The molecule has 1 heterocycles. The summed E-state index contributed by atoms with van der Waals surface area (Å²) in [6, 6.07) is 0. The molecule has 0 atom stereocenters. The van der Waals surface area contributed by atoms with Crippen molar-refractivity contribution in [1.82, 2.24) is 10.2 Å². The van der Waals surface area contributed by atoms with Crippen molar-refractivity contribution in [2.45, 2.75) is 38.5 Å². The average Bonchev–Trinajstić information content (AvgIpc) is 2.56. The summed E-state index contributed by atoms with van der Waals surface area (Å²) in [4.78, 5) is 7.12. The lowest BCUT2D eigenvalue weighted by atomic mass is 10.2. The van der Waals surface area contributed by atoms with Crippen LogP contribution in [0.2, 0.25) is 0 Å². The Hall–Kier alpha value is -0.160. The Morgan fingerprint density at radius 2 is 1.69 bits per heavy atom. The highest BCUT2D eigenvalue weighted by atomic mass is 16.6. The molecule has 1 fully saturated rings. The van der Waals surface area contributed by atoms with Crippen molar-refractivity contribution in [3.05, 3.63) is 0 Å². The molecule has 0 aromatic heterocycles. The van der Waals surface area contributed by atoms with Gasteiger partial charge in [-0.25, -0.2) is 5.90 Å². The minimum Gasteiger partial charge on any atom is -0.317 e. The lowest BCUT2D eigenvalue weighted by Crippen LogP contribution is -2.28. The molecule has 0 amide bonds. The van der Waals surface area contributed by atoms with Crippen LogP contribution in [0.1, 0.15) is 38.5 Å². The van der Waals surface area contributed by atoms with Crippen molar-refractivity contribution in [2.24, 2.45) is 5.90 Å². The quantitative estimate of drug-likeness (QED) is 0.484. The Balaban J connectivity index is 1.86. The Morgan fingerprint density at radius 3 is 2.38 bits per heavy atom. The number of likely N-dealkylation sites (tertiary alicyclic amines) is 1. The molecule has 1 saturated heterocycles. The van der Waals surface area contributed by atoms with Crippen LogP contribution in [0.3, 0.4) is 0 Å². The fourth-order valence-corrected chi connectivity index (χ4v) is 2.19. The van der Waals surface area contributed by atoms with Crippen molar-refractivity contribution < 1.29 is 4.84 Å². The van der Waals surface area contributed by atoms with E-state index < -0.39 is 0 Å². The van der Waals surface area contributed by atoms with Crippen molar-refractivity contribution in [2.75, 3.05) is 39.3 Å². The third kappa shape index (κ3) is 7.17. The predicted octanol–water partition coefficient (Wildman–Crippen LogP) is 1.12. The lowest BCUT2D eigenvalue weighted by Gasteiger charge is -2.19. The van der Waals surface area contributed by atoms with Gasteiger partial charge in [-0.05, 0) is 58.4 Å². The summed E-state index contributed by atoms with van der Waals surface area (Å²) >= 11 is 0. The van der Waals surface area contributed by atoms with Crippen molar-refractivity contribution in [1.29, 1.82) is 0 Å². The van der Waals surface area contributed by atoms with Gasteiger partial charge in [0.25, 0.3) is 0 Å². The smallest absolute Gasteiger partial charge is 0.0691 e. The molecule has 3 N–H and O–H groups in total. The van der Waals surface area contributed by atoms with Crippen LogP contribution in [-0.2, 0) is 4.84 Å². The zero-order valence-corrected chi connectivity index (χ0v) is 10.4. The molecule has 4 heteroatoms. The van der Waals surface area contributed by atoms with E-state index >= 15 is 0 Å². The van der Waals surface area contributed by atoms with Gasteiger partial charge in [-0.15, -0.1) is 0 Å². The molecular weight excluding hydrogens is 202 g/mol. The van der Waals surface area contributed by atoms with Gasteiger partial charge in [-0.2, -0.15) is 0 Å². The van der Waals surface area contributed by atoms with Gasteiger partial charge in [-0.1, -0.05) is 12.8 Å². The fourth-order valence-electron chi connectivity index (χ4n) is 2.19. The summed E-state index contributed by atoms with van der Waals surface area (Å²) in [5.74, 6) is 4.95. The summed E-state index contributed by atoms with van der Waals surface area (Å²) < 4.78 is 0. The molecular formula is C12H27N3O. The molecule has 16 heavy (non-hydrogen) atoms. The first-order valence-corrected chi connectivity index (χ1v) is 6.68. The minimum absolute atomic E-state index is 0.652. The van der Waals surface area contributed by atoms with Gasteiger partial charge in [0.15, 0.2) is 0 Å². The molecule has 0 aliphatic carbocycles. The van der Waals surface area contributed by atoms with E-state index in [1.165, 1.54) is 51.7 Å². The second-order valence-corrected chi connectivity index (χ2v) is 4.58. The Bertz CT molecular complexity index is 147. The van der Waals surface area contributed by atoms with E-state index in [1.807, 2.05) is 0 Å². The molecule has 96 valence electrons. The number of nitrogens with zero attached hydrogens (tertiary/aromatic N) is 1. The van der Waals surface area contributed by atoms with Crippen LogP contribution < -0.4 is 11.2 Å². The zero-order valence-electron chi connectivity index (χ0n) is 10.4. The predicted molar refractivity (Wildman–Crippen MR) is 67.2 cm³/mol. The Kier molecular flexibility index (Phi) is 8.71. The molecule has 1 aliphatic heterocycles. The third-order valence-corrected chi connectivity index (χ3v) is 3.14. The molecule has 1 rings (SSSR count). The van der Waals surface area contributed by atoms with Crippen LogP contribution in [-0.4, -0.2) is 44.2 Å². The van der Waals surface area contributed by atoms with E-state index in [2.05, 4.69) is 15.1 Å². The molecule has 0 saturated carbocycles. The highest BCUT2D eigenvalue weighted by Crippen LogP contribution is 2.09. The third-order valence-electron chi connectivity index (χ3n) is 3.14. The summed E-state index contributed by atoms with van der Waals surface area (Å²) in [6.45, 7) is 6.64. The Morgan fingerprint density at radius 1 is 1.00 bits per heavy atom. The normalized spacial score (nSPS) is 18.6. The summed E-state index contributed by atoms with van der Waals surface area (Å²) in [5, 5.41) is 3.41. The SMILES string of the molecule is NOCCCNCCCN1CCCCCC1. The second-order valence-electron chi connectivity index (χ2n) is 4.58. The summed E-state index contributed by atoms with van der Waals surface area (Å²) in [5.41, 5.74) is 0. The van der Waals surface area contributed by atoms with Crippen molar-refractivity contribution in [3.8, 4) is 0 Å². The van der Waals surface area contributed by atoms with E-state index in [1.54, 1.807) is 0 Å². The maximum Gasteiger partial charge on any atom is 0.0691 e. The van der Waals surface area contributed by atoms with E-state index in [0.29, 0.717) is 6.61 Å². The number of hydrogen-bond donors (Lipinski definition) is 2.